The minimum absolute atomic E-state index is 0.135. The fourth-order valence-corrected chi connectivity index (χ4v) is 2.25. The largest absolute Gasteiger partial charge is 0.450 e. The lowest BCUT2D eigenvalue weighted by atomic mass is 9.97. The van der Waals surface area contributed by atoms with Gasteiger partial charge in [-0.2, -0.15) is 10.2 Å². The Morgan fingerprint density at radius 2 is 2.29 bits per heavy atom. The van der Waals surface area contributed by atoms with E-state index in [0.29, 0.717) is 25.5 Å². The van der Waals surface area contributed by atoms with Crippen molar-refractivity contribution in [1.82, 2.24) is 15.1 Å². The molecule has 2 heterocycles. The van der Waals surface area contributed by atoms with Gasteiger partial charge in [-0.25, -0.2) is 4.79 Å². The Labute approximate surface area is 124 Å². The third-order valence-corrected chi connectivity index (χ3v) is 3.15. The molecule has 1 aromatic rings. The molecule has 114 valence electrons. The Morgan fingerprint density at radius 1 is 1.52 bits per heavy atom. The molecular weight excluding hydrogens is 270 g/mol. The molecule has 0 aromatic carbocycles. The minimum atomic E-state index is -0.288. The van der Waals surface area contributed by atoms with Crippen LogP contribution in [0.2, 0.25) is 0 Å². The summed E-state index contributed by atoms with van der Waals surface area (Å²) in [6.45, 7) is 9.07. The van der Waals surface area contributed by atoms with Gasteiger partial charge in [0.2, 0.25) is 0 Å². The SMILES string of the molecule is CCOC(=O)N1Cc2cc(NN=C(C)C)nnc2C(C)C1. The van der Waals surface area contributed by atoms with Crippen LogP contribution in [0.1, 0.15) is 44.9 Å². The van der Waals surface area contributed by atoms with E-state index in [1.807, 2.05) is 26.8 Å². The highest BCUT2D eigenvalue weighted by molar-refractivity contribution is 5.79. The zero-order chi connectivity index (χ0) is 15.4. The number of amides is 1. The number of aromatic nitrogens is 2. The highest BCUT2D eigenvalue weighted by Gasteiger charge is 2.28. The number of carbonyl (C=O) groups is 1. The minimum Gasteiger partial charge on any atom is -0.450 e. The molecule has 2 rings (SSSR count). The summed E-state index contributed by atoms with van der Waals surface area (Å²) in [6, 6.07) is 1.89. The number of rotatable bonds is 3. The van der Waals surface area contributed by atoms with Crippen LogP contribution in [0.25, 0.3) is 0 Å². The molecule has 0 aliphatic carbocycles. The number of anilines is 1. The standard InChI is InChI=1S/C14H21N5O2/c1-5-21-14(20)19-7-10(4)13-11(8-19)6-12(17-18-13)16-15-9(2)3/h6,10H,5,7-8H2,1-4H3,(H,16,17). The van der Waals surface area contributed by atoms with E-state index in [1.165, 1.54) is 0 Å². The molecule has 1 aliphatic rings. The molecule has 0 radical (unpaired) electrons. The summed E-state index contributed by atoms with van der Waals surface area (Å²) >= 11 is 0. The van der Waals surface area contributed by atoms with Crippen molar-refractivity contribution in [3.05, 3.63) is 17.3 Å². The molecule has 7 nitrogen and oxygen atoms in total. The van der Waals surface area contributed by atoms with Crippen LogP contribution in [0.3, 0.4) is 0 Å². The summed E-state index contributed by atoms with van der Waals surface area (Å²) in [5, 5.41) is 12.5. The number of nitrogens with one attached hydrogen (secondary N) is 1. The van der Waals surface area contributed by atoms with Crippen molar-refractivity contribution in [1.29, 1.82) is 0 Å². The second kappa shape index (κ2) is 6.51. The molecule has 0 bridgehead atoms. The molecular formula is C14H21N5O2. The maximum atomic E-state index is 11.9. The van der Waals surface area contributed by atoms with Crippen LogP contribution < -0.4 is 5.43 Å². The van der Waals surface area contributed by atoms with Gasteiger partial charge in [0.1, 0.15) is 0 Å². The second-order valence-corrected chi connectivity index (χ2v) is 5.29. The first-order chi connectivity index (χ1) is 10.0. The molecule has 1 unspecified atom stereocenters. The summed E-state index contributed by atoms with van der Waals surface area (Å²) in [5.41, 5.74) is 5.66. The van der Waals surface area contributed by atoms with Crippen molar-refractivity contribution in [2.24, 2.45) is 5.10 Å². The van der Waals surface area contributed by atoms with Crippen LogP contribution in [0.4, 0.5) is 10.6 Å². The van der Waals surface area contributed by atoms with Crippen molar-refractivity contribution in [2.75, 3.05) is 18.6 Å². The van der Waals surface area contributed by atoms with E-state index in [4.69, 9.17) is 4.74 Å². The highest BCUT2D eigenvalue weighted by atomic mass is 16.6. The van der Waals surface area contributed by atoms with Gasteiger partial charge in [0.15, 0.2) is 5.82 Å². The molecule has 21 heavy (non-hydrogen) atoms. The smallest absolute Gasteiger partial charge is 0.410 e. The molecule has 1 amide bonds. The van der Waals surface area contributed by atoms with Crippen LogP contribution in [-0.4, -0.2) is 40.1 Å². The lowest BCUT2D eigenvalue weighted by molar-refractivity contribution is 0.0988. The van der Waals surface area contributed by atoms with E-state index in [1.54, 1.807) is 11.8 Å². The van der Waals surface area contributed by atoms with E-state index in [0.717, 1.165) is 17.0 Å². The van der Waals surface area contributed by atoms with E-state index >= 15 is 0 Å². The maximum Gasteiger partial charge on any atom is 0.410 e. The Morgan fingerprint density at radius 3 is 2.95 bits per heavy atom. The van der Waals surface area contributed by atoms with E-state index in [2.05, 4.69) is 20.7 Å². The van der Waals surface area contributed by atoms with Crippen molar-refractivity contribution >= 4 is 17.6 Å². The normalized spacial score (nSPS) is 17.0. The summed E-state index contributed by atoms with van der Waals surface area (Å²) in [4.78, 5) is 13.6. The Hall–Kier alpha value is -2.18. The highest BCUT2D eigenvalue weighted by Crippen LogP contribution is 2.27. The van der Waals surface area contributed by atoms with Gasteiger partial charge in [-0.3, -0.25) is 5.43 Å². The quantitative estimate of drug-likeness (QED) is 0.683. The zero-order valence-corrected chi connectivity index (χ0v) is 12.9. The van der Waals surface area contributed by atoms with Crippen LogP contribution in [0.5, 0.6) is 0 Å². The first-order valence-electron chi connectivity index (χ1n) is 7.06. The van der Waals surface area contributed by atoms with Gasteiger partial charge in [-0.1, -0.05) is 6.92 Å². The number of fused-ring (bicyclic) bond motifs is 1. The summed E-state index contributed by atoms with van der Waals surface area (Å²) < 4.78 is 5.07. The fourth-order valence-electron chi connectivity index (χ4n) is 2.25. The number of hydrazone groups is 1. The Kier molecular flexibility index (Phi) is 4.72. The van der Waals surface area contributed by atoms with E-state index in [-0.39, 0.29) is 12.0 Å². The molecule has 0 fully saturated rings. The molecule has 0 spiro atoms. The number of hydrogen-bond donors (Lipinski definition) is 1. The molecule has 0 saturated heterocycles. The van der Waals surface area contributed by atoms with Crippen molar-refractivity contribution in [3.8, 4) is 0 Å². The first kappa shape index (κ1) is 15.2. The Balaban J connectivity index is 2.19. The van der Waals surface area contributed by atoms with Crippen molar-refractivity contribution in [3.63, 3.8) is 0 Å². The third kappa shape index (κ3) is 3.68. The molecule has 7 heteroatoms. The number of carbonyl (C=O) groups excluding carboxylic acids is 1. The number of ether oxygens (including phenoxy) is 1. The zero-order valence-electron chi connectivity index (χ0n) is 12.9. The first-order valence-corrected chi connectivity index (χ1v) is 7.06. The van der Waals surface area contributed by atoms with Gasteiger partial charge >= 0.3 is 6.09 Å². The van der Waals surface area contributed by atoms with Gasteiger partial charge in [0.05, 0.1) is 18.8 Å². The predicted octanol–water partition coefficient (Wildman–Crippen LogP) is 2.36. The lowest BCUT2D eigenvalue weighted by Crippen LogP contribution is -2.38. The van der Waals surface area contributed by atoms with Crippen LogP contribution in [0.15, 0.2) is 11.2 Å². The number of hydrogen-bond acceptors (Lipinski definition) is 6. The summed E-state index contributed by atoms with van der Waals surface area (Å²) in [5.74, 6) is 0.712. The topological polar surface area (TPSA) is 79.7 Å². The van der Waals surface area contributed by atoms with E-state index in [9.17, 15) is 4.79 Å². The van der Waals surface area contributed by atoms with Gasteiger partial charge < -0.3 is 9.64 Å². The molecule has 1 aromatic heterocycles. The fraction of sp³-hybridized carbons (Fsp3) is 0.571. The monoisotopic (exact) mass is 291 g/mol. The lowest BCUT2D eigenvalue weighted by Gasteiger charge is -2.31. The van der Waals surface area contributed by atoms with Crippen LogP contribution >= 0.6 is 0 Å². The average Bonchev–Trinajstić information content (AvgIpc) is 2.45. The van der Waals surface area contributed by atoms with Gasteiger partial charge in [-0.15, -0.1) is 5.10 Å². The van der Waals surface area contributed by atoms with Gasteiger partial charge in [0, 0.05) is 18.2 Å². The maximum absolute atomic E-state index is 11.9. The second-order valence-electron chi connectivity index (χ2n) is 5.29. The summed E-state index contributed by atoms with van der Waals surface area (Å²) in [6.07, 6.45) is -0.288. The van der Waals surface area contributed by atoms with Gasteiger partial charge in [0.25, 0.3) is 0 Å². The number of nitrogens with zero attached hydrogens (tertiary/aromatic N) is 4. The van der Waals surface area contributed by atoms with Crippen LogP contribution in [0, 0.1) is 0 Å². The average molecular weight is 291 g/mol. The van der Waals surface area contributed by atoms with Crippen LogP contribution in [-0.2, 0) is 11.3 Å². The van der Waals surface area contributed by atoms with Crippen molar-refractivity contribution < 1.29 is 9.53 Å². The molecule has 1 aliphatic heterocycles. The molecule has 0 saturated carbocycles. The predicted molar refractivity (Wildman–Crippen MR) is 80.3 cm³/mol. The molecule has 1 atom stereocenters. The Bertz CT molecular complexity index is 554. The van der Waals surface area contributed by atoms with Crippen molar-refractivity contribution in [2.45, 2.75) is 40.2 Å². The summed E-state index contributed by atoms with van der Waals surface area (Å²) in [7, 11) is 0. The van der Waals surface area contributed by atoms with E-state index < -0.39 is 0 Å². The molecule has 1 N–H and O–H groups in total. The van der Waals surface area contributed by atoms with Gasteiger partial charge in [-0.05, 0) is 32.4 Å². The third-order valence-electron chi connectivity index (χ3n) is 3.15.